The minimum Gasteiger partial charge on any atom is -0.360 e. The van der Waals surface area contributed by atoms with E-state index in [2.05, 4.69) is 20.8 Å². The average Bonchev–Trinajstić information content (AvgIpc) is 3.55. The second kappa shape index (κ2) is 9.38. The van der Waals surface area contributed by atoms with Gasteiger partial charge in [-0.3, -0.25) is 14.6 Å². The fourth-order valence-electron chi connectivity index (χ4n) is 5.40. The fourth-order valence-corrected chi connectivity index (χ4v) is 7.29. The van der Waals surface area contributed by atoms with Gasteiger partial charge in [-0.1, -0.05) is 5.16 Å². The summed E-state index contributed by atoms with van der Waals surface area (Å²) in [6, 6.07) is 10.7. The molecule has 2 saturated heterocycles. The van der Waals surface area contributed by atoms with E-state index in [1.54, 1.807) is 34.6 Å². The van der Waals surface area contributed by atoms with E-state index in [4.69, 9.17) is 4.52 Å². The number of carbonyl (C=O) groups is 2. The number of rotatable bonds is 7. The number of fused-ring (bicyclic) bond motifs is 2. The lowest BCUT2D eigenvalue weighted by atomic mass is 9.99. The molecule has 3 aromatic rings. The minimum atomic E-state index is -3.73. The number of hydrogen-bond donors (Lipinski definition) is 2. The predicted molar refractivity (Wildman–Crippen MR) is 133 cm³/mol. The highest BCUT2D eigenvalue weighted by atomic mass is 32.2. The van der Waals surface area contributed by atoms with Crippen LogP contribution in [0.2, 0.25) is 0 Å². The molecule has 3 aliphatic rings. The van der Waals surface area contributed by atoms with Crippen molar-refractivity contribution >= 4 is 27.5 Å². The van der Waals surface area contributed by atoms with Crippen LogP contribution in [0.3, 0.4) is 0 Å². The zero-order chi connectivity index (χ0) is 25.6. The van der Waals surface area contributed by atoms with Crippen molar-refractivity contribution in [2.75, 3.05) is 5.32 Å². The summed E-state index contributed by atoms with van der Waals surface area (Å²) in [6.07, 6.45) is 7.81. The summed E-state index contributed by atoms with van der Waals surface area (Å²) in [6.45, 7) is 0. The molecule has 0 unspecified atom stereocenters. The fraction of sp³-hybridized carbons (Fsp3) is 0.385. The Morgan fingerprint density at radius 2 is 1.59 bits per heavy atom. The number of amides is 2. The van der Waals surface area contributed by atoms with Gasteiger partial charge in [0.1, 0.15) is 5.76 Å². The molecule has 1 aromatic carbocycles. The average molecular weight is 522 g/mol. The number of hydrogen-bond acceptors (Lipinski definition) is 7. The molecule has 192 valence electrons. The Morgan fingerprint density at radius 1 is 0.919 bits per heavy atom. The molecule has 0 spiro atoms. The van der Waals surface area contributed by atoms with Crippen molar-refractivity contribution in [3.05, 3.63) is 71.9 Å². The SMILES string of the molecule is O=C(Nc1ccc(S(=O)(=O)N2[C@@H]3CC[C@H]2C[C@H](NC(=O)c2cc(C4CC4)on2)C3)cc1)c1ccncc1. The van der Waals surface area contributed by atoms with Crippen molar-refractivity contribution in [3.63, 3.8) is 0 Å². The molecule has 1 aliphatic carbocycles. The molecule has 2 aromatic heterocycles. The molecule has 2 N–H and O–H groups in total. The third-order valence-electron chi connectivity index (χ3n) is 7.37. The molecule has 4 heterocycles. The quantitative estimate of drug-likeness (QED) is 0.487. The summed E-state index contributed by atoms with van der Waals surface area (Å²) in [7, 11) is -3.73. The lowest BCUT2D eigenvalue weighted by Gasteiger charge is -2.38. The Balaban J connectivity index is 1.10. The van der Waals surface area contributed by atoms with Gasteiger partial charge in [-0.25, -0.2) is 8.42 Å². The molecule has 2 aliphatic heterocycles. The lowest BCUT2D eigenvalue weighted by Crippen LogP contribution is -2.52. The van der Waals surface area contributed by atoms with Gasteiger partial charge in [0.2, 0.25) is 10.0 Å². The van der Waals surface area contributed by atoms with Gasteiger partial charge in [-0.05, 0) is 74.9 Å². The molecule has 37 heavy (non-hydrogen) atoms. The smallest absolute Gasteiger partial charge is 0.273 e. The molecular weight excluding hydrogens is 494 g/mol. The van der Waals surface area contributed by atoms with Crippen LogP contribution >= 0.6 is 0 Å². The first-order valence-corrected chi connectivity index (χ1v) is 13.9. The number of nitrogens with one attached hydrogen (secondary N) is 2. The number of piperidine rings is 1. The lowest BCUT2D eigenvalue weighted by molar-refractivity contribution is 0.0899. The molecule has 3 atom stereocenters. The second-order valence-electron chi connectivity index (χ2n) is 9.96. The molecular formula is C26H27N5O5S. The van der Waals surface area contributed by atoms with E-state index in [9.17, 15) is 18.0 Å². The number of benzene rings is 1. The largest absolute Gasteiger partial charge is 0.360 e. The van der Waals surface area contributed by atoms with E-state index in [1.807, 2.05) is 0 Å². The molecule has 11 heteroatoms. The van der Waals surface area contributed by atoms with Crippen molar-refractivity contribution in [1.29, 1.82) is 0 Å². The molecule has 10 nitrogen and oxygen atoms in total. The number of carbonyl (C=O) groups excluding carboxylic acids is 2. The van der Waals surface area contributed by atoms with Crippen LogP contribution in [0.1, 0.15) is 71.0 Å². The van der Waals surface area contributed by atoms with Crippen LogP contribution in [-0.4, -0.2) is 52.8 Å². The maximum atomic E-state index is 13.5. The van der Waals surface area contributed by atoms with Crippen LogP contribution in [0.25, 0.3) is 0 Å². The van der Waals surface area contributed by atoms with Gasteiger partial charge in [0.15, 0.2) is 5.69 Å². The zero-order valence-electron chi connectivity index (χ0n) is 20.0. The number of sulfonamides is 1. The first kappa shape index (κ1) is 23.8. The topological polar surface area (TPSA) is 134 Å². The van der Waals surface area contributed by atoms with E-state index in [0.717, 1.165) is 31.4 Å². The Kier molecular flexibility index (Phi) is 6.04. The van der Waals surface area contributed by atoms with E-state index in [1.165, 1.54) is 24.5 Å². The first-order chi connectivity index (χ1) is 17.9. The van der Waals surface area contributed by atoms with Gasteiger partial charge in [-0.2, -0.15) is 4.31 Å². The molecule has 3 fully saturated rings. The van der Waals surface area contributed by atoms with Crippen molar-refractivity contribution in [3.8, 4) is 0 Å². The van der Waals surface area contributed by atoms with Gasteiger partial charge in [-0.15, -0.1) is 0 Å². The number of pyridine rings is 1. The summed E-state index contributed by atoms with van der Waals surface area (Å²) < 4.78 is 34.0. The van der Waals surface area contributed by atoms with E-state index >= 15 is 0 Å². The summed E-state index contributed by atoms with van der Waals surface area (Å²) in [4.78, 5) is 29.1. The van der Waals surface area contributed by atoms with E-state index in [0.29, 0.717) is 30.0 Å². The Labute approximate surface area is 214 Å². The van der Waals surface area contributed by atoms with Crippen LogP contribution in [0.15, 0.2) is 64.3 Å². The van der Waals surface area contributed by atoms with E-state index < -0.39 is 10.0 Å². The van der Waals surface area contributed by atoms with Gasteiger partial charge in [0, 0.05) is 53.8 Å². The Bertz CT molecular complexity index is 1410. The Hall–Kier alpha value is -3.57. The maximum absolute atomic E-state index is 13.5. The van der Waals surface area contributed by atoms with Crippen molar-refractivity contribution in [1.82, 2.24) is 19.8 Å². The summed E-state index contributed by atoms with van der Waals surface area (Å²) in [5, 5.41) is 9.71. The molecule has 2 bridgehead atoms. The number of nitrogens with zero attached hydrogens (tertiary/aromatic N) is 3. The second-order valence-corrected chi connectivity index (χ2v) is 11.8. The summed E-state index contributed by atoms with van der Waals surface area (Å²) >= 11 is 0. The Morgan fingerprint density at radius 3 is 2.24 bits per heavy atom. The van der Waals surface area contributed by atoms with Gasteiger partial charge in [0.05, 0.1) is 4.90 Å². The molecule has 0 radical (unpaired) electrons. The van der Waals surface area contributed by atoms with Crippen LogP contribution in [0, 0.1) is 0 Å². The van der Waals surface area contributed by atoms with Gasteiger partial charge >= 0.3 is 0 Å². The van der Waals surface area contributed by atoms with E-state index in [-0.39, 0.29) is 40.5 Å². The van der Waals surface area contributed by atoms with Gasteiger partial charge in [0.25, 0.3) is 11.8 Å². The predicted octanol–water partition coefficient (Wildman–Crippen LogP) is 3.31. The van der Waals surface area contributed by atoms with Crippen LogP contribution in [0.5, 0.6) is 0 Å². The first-order valence-electron chi connectivity index (χ1n) is 12.5. The van der Waals surface area contributed by atoms with Crippen LogP contribution in [0.4, 0.5) is 5.69 Å². The molecule has 2 amide bonds. The highest BCUT2D eigenvalue weighted by molar-refractivity contribution is 7.89. The standard InChI is InChI=1S/C26H27N5O5S/c32-25(17-9-11-27-12-10-17)28-18-3-7-22(8-4-18)37(34,35)31-20-5-6-21(31)14-19(13-20)29-26(33)23-15-24(36-30-23)16-1-2-16/h3-4,7-12,15-16,19-21H,1-2,5-6,13-14H2,(H,28,32)(H,29,33)/t19-,20-,21+. The minimum absolute atomic E-state index is 0.122. The molecule has 1 saturated carbocycles. The van der Waals surface area contributed by atoms with Crippen molar-refractivity contribution in [2.45, 2.75) is 67.5 Å². The third-order valence-corrected chi connectivity index (χ3v) is 9.39. The highest BCUT2D eigenvalue weighted by Crippen LogP contribution is 2.41. The monoisotopic (exact) mass is 521 g/mol. The zero-order valence-corrected chi connectivity index (χ0v) is 20.9. The summed E-state index contributed by atoms with van der Waals surface area (Å²) in [5.41, 5.74) is 1.24. The van der Waals surface area contributed by atoms with Crippen molar-refractivity contribution in [2.24, 2.45) is 0 Å². The van der Waals surface area contributed by atoms with Gasteiger partial charge < -0.3 is 15.2 Å². The number of anilines is 1. The van der Waals surface area contributed by atoms with Crippen molar-refractivity contribution < 1.29 is 22.5 Å². The summed E-state index contributed by atoms with van der Waals surface area (Å²) in [5.74, 6) is 0.564. The number of aromatic nitrogens is 2. The van der Waals surface area contributed by atoms with Crippen LogP contribution < -0.4 is 10.6 Å². The highest BCUT2D eigenvalue weighted by Gasteiger charge is 2.47. The van der Waals surface area contributed by atoms with Crippen LogP contribution in [-0.2, 0) is 10.0 Å². The normalized spacial score (nSPS) is 23.5. The maximum Gasteiger partial charge on any atom is 0.273 e. The third kappa shape index (κ3) is 4.76. The molecule has 6 rings (SSSR count).